The number of nitrogens with one attached hydrogen (secondary N) is 2. The van der Waals surface area contributed by atoms with Crippen LogP contribution in [0.4, 0.5) is 0 Å². The normalized spacial score (nSPS) is 19.4. The third kappa shape index (κ3) is 3.98. The summed E-state index contributed by atoms with van der Waals surface area (Å²) in [5.41, 5.74) is 1.73. The van der Waals surface area contributed by atoms with Crippen molar-refractivity contribution in [1.29, 1.82) is 0 Å². The zero-order valence-electron chi connectivity index (χ0n) is 12.6. The van der Waals surface area contributed by atoms with Crippen LogP contribution in [0.15, 0.2) is 6.07 Å². The molecule has 2 heterocycles. The molecule has 1 aromatic heterocycles. The molecule has 0 spiro atoms. The first kappa shape index (κ1) is 16.3. The topological polar surface area (TPSA) is 61.0 Å². The van der Waals surface area contributed by atoms with Gasteiger partial charge in [-0.05, 0) is 57.7 Å². The molecule has 118 valence electrons. The molecule has 2 aliphatic rings. The minimum atomic E-state index is 0. The second-order valence-electron chi connectivity index (χ2n) is 6.11. The zero-order chi connectivity index (χ0) is 13.9. The number of H-pyrrole nitrogens is 1. The molecule has 6 heteroatoms. The van der Waals surface area contributed by atoms with Gasteiger partial charge in [-0.1, -0.05) is 0 Å². The largest absolute Gasteiger partial charge is 0.337 e. The summed E-state index contributed by atoms with van der Waals surface area (Å²) in [5.74, 6) is 1.48. The maximum atomic E-state index is 12.4. The van der Waals surface area contributed by atoms with Crippen LogP contribution in [0.3, 0.4) is 0 Å². The lowest BCUT2D eigenvalue weighted by molar-refractivity contribution is 0.0681. The molecule has 2 fully saturated rings. The van der Waals surface area contributed by atoms with Gasteiger partial charge in [0.1, 0.15) is 5.69 Å². The number of likely N-dealkylation sites (tertiary alicyclic amines) is 1. The fourth-order valence-electron chi connectivity index (χ4n) is 2.98. The highest BCUT2D eigenvalue weighted by Gasteiger charge is 2.29. The quantitative estimate of drug-likeness (QED) is 0.876. The number of carbonyl (C=O) groups excluding carboxylic acids is 1. The highest BCUT2D eigenvalue weighted by Crippen LogP contribution is 2.39. The Kier molecular flexibility index (Phi) is 5.65. The molecule has 1 aliphatic carbocycles. The minimum Gasteiger partial charge on any atom is -0.337 e. The first-order chi connectivity index (χ1) is 9.78. The van der Waals surface area contributed by atoms with Gasteiger partial charge in [-0.2, -0.15) is 5.10 Å². The van der Waals surface area contributed by atoms with Gasteiger partial charge < -0.3 is 10.2 Å². The summed E-state index contributed by atoms with van der Waals surface area (Å²) in [7, 11) is 1.99. The lowest BCUT2D eigenvalue weighted by Gasteiger charge is -2.31. The van der Waals surface area contributed by atoms with Crippen LogP contribution >= 0.6 is 12.4 Å². The van der Waals surface area contributed by atoms with E-state index in [0.717, 1.165) is 44.1 Å². The smallest absolute Gasteiger partial charge is 0.274 e. The minimum absolute atomic E-state index is 0. The van der Waals surface area contributed by atoms with Gasteiger partial charge in [0.15, 0.2) is 0 Å². The van der Waals surface area contributed by atoms with Crippen LogP contribution in [0.5, 0.6) is 0 Å². The van der Waals surface area contributed by atoms with Crippen molar-refractivity contribution < 1.29 is 4.79 Å². The molecular weight excluding hydrogens is 288 g/mol. The number of piperidine rings is 1. The first-order valence-corrected chi connectivity index (χ1v) is 7.77. The molecule has 2 N–H and O–H groups in total. The number of carbonyl (C=O) groups is 1. The van der Waals surface area contributed by atoms with E-state index >= 15 is 0 Å². The van der Waals surface area contributed by atoms with Gasteiger partial charge in [0, 0.05) is 24.7 Å². The third-order valence-electron chi connectivity index (χ3n) is 4.54. The van der Waals surface area contributed by atoms with E-state index in [4.69, 9.17) is 0 Å². The van der Waals surface area contributed by atoms with Gasteiger partial charge in [0.05, 0.1) is 0 Å². The van der Waals surface area contributed by atoms with E-state index in [1.165, 1.54) is 19.3 Å². The van der Waals surface area contributed by atoms with Crippen molar-refractivity contribution >= 4 is 18.3 Å². The molecule has 3 rings (SSSR count). The Balaban J connectivity index is 0.00000161. The Labute approximate surface area is 132 Å². The Morgan fingerprint density at radius 3 is 2.71 bits per heavy atom. The second kappa shape index (κ2) is 7.27. The molecule has 1 aromatic rings. The van der Waals surface area contributed by atoms with E-state index in [1.54, 1.807) is 0 Å². The van der Waals surface area contributed by atoms with Crippen LogP contribution in [0, 0.1) is 5.92 Å². The number of aromatic nitrogens is 2. The van der Waals surface area contributed by atoms with Crippen LogP contribution in [0.25, 0.3) is 0 Å². The highest BCUT2D eigenvalue weighted by atomic mass is 35.5. The van der Waals surface area contributed by atoms with E-state index in [2.05, 4.69) is 15.5 Å². The number of halogens is 1. The van der Waals surface area contributed by atoms with Crippen molar-refractivity contribution in [3.8, 4) is 0 Å². The van der Waals surface area contributed by atoms with Gasteiger partial charge in [-0.15, -0.1) is 12.4 Å². The summed E-state index contributed by atoms with van der Waals surface area (Å²) in [6.07, 6.45) is 5.91. The molecule has 1 saturated carbocycles. The summed E-state index contributed by atoms with van der Waals surface area (Å²) >= 11 is 0. The Morgan fingerprint density at radius 2 is 2.10 bits per heavy atom. The number of hydrogen-bond acceptors (Lipinski definition) is 3. The van der Waals surface area contributed by atoms with Crippen LogP contribution in [0.1, 0.15) is 54.2 Å². The van der Waals surface area contributed by atoms with Crippen molar-refractivity contribution in [3.63, 3.8) is 0 Å². The number of aromatic amines is 1. The van der Waals surface area contributed by atoms with Gasteiger partial charge in [0.2, 0.25) is 0 Å². The summed E-state index contributed by atoms with van der Waals surface area (Å²) in [4.78, 5) is 14.4. The summed E-state index contributed by atoms with van der Waals surface area (Å²) in [5, 5.41) is 10.4. The molecule has 1 saturated heterocycles. The average Bonchev–Trinajstić information content (AvgIpc) is 3.22. The molecule has 0 bridgehead atoms. The van der Waals surface area contributed by atoms with Crippen LogP contribution in [-0.2, 0) is 0 Å². The maximum absolute atomic E-state index is 12.4. The number of nitrogens with zero attached hydrogens (tertiary/aromatic N) is 2. The number of hydrogen-bond donors (Lipinski definition) is 2. The monoisotopic (exact) mass is 312 g/mol. The van der Waals surface area contributed by atoms with Crippen molar-refractivity contribution in [2.45, 2.75) is 38.0 Å². The zero-order valence-corrected chi connectivity index (χ0v) is 13.4. The number of amides is 1. The van der Waals surface area contributed by atoms with E-state index in [0.29, 0.717) is 11.6 Å². The van der Waals surface area contributed by atoms with Crippen molar-refractivity contribution in [2.75, 3.05) is 26.7 Å². The van der Waals surface area contributed by atoms with E-state index in [1.807, 2.05) is 18.0 Å². The van der Waals surface area contributed by atoms with E-state index in [-0.39, 0.29) is 18.3 Å². The van der Waals surface area contributed by atoms with Crippen LogP contribution in [-0.4, -0.2) is 47.7 Å². The SMILES string of the molecule is CNCCC1CCN(C(=O)c2cc(C3CC3)[nH]n2)CC1.Cl. The highest BCUT2D eigenvalue weighted by molar-refractivity contribution is 5.92. The third-order valence-corrected chi connectivity index (χ3v) is 4.54. The van der Waals surface area contributed by atoms with Crippen molar-refractivity contribution in [2.24, 2.45) is 5.92 Å². The van der Waals surface area contributed by atoms with Crippen molar-refractivity contribution in [3.05, 3.63) is 17.5 Å². The fraction of sp³-hybridized carbons (Fsp3) is 0.733. The lowest BCUT2D eigenvalue weighted by atomic mass is 9.93. The predicted octanol–water partition coefficient (Wildman–Crippen LogP) is 2.17. The Morgan fingerprint density at radius 1 is 1.38 bits per heavy atom. The Hall–Kier alpha value is -1.07. The maximum Gasteiger partial charge on any atom is 0.274 e. The van der Waals surface area contributed by atoms with Crippen LogP contribution in [0.2, 0.25) is 0 Å². The molecule has 0 radical (unpaired) electrons. The van der Waals surface area contributed by atoms with E-state index in [9.17, 15) is 4.79 Å². The van der Waals surface area contributed by atoms with Gasteiger partial charge in [-0.25, -0.2) is 0 Å². The number of rotatable bonds is 5. The molecule has 0 unspecified atom stereocenters. The Bertz CT molecular complexity index is 464. The molecule has 0 aromatic carbocycles. The lowest BCUT2D eigenvalue weighted by Crippen LogP contribution is -2.39. The second-order valence-corrected chi connectivity index (χ2v) is 6.11. The summed E-state index contributed by atoms with van der Waals surface area (Å²) in [6.45, 7) is 2.82. The molecule has 1 amide bonds. The van der Waals surface area contributed by atoms with Gasteiger partial charge >= 0.3 is 0 Å². The molecule has 1 aliphatic heterocycles. The van der Waals surface area contributed by atoms with Gasteiger partial charge in [0.25, 0.3) is 5.91 Å². The first-order valence-electron chi connectivity index (χ1n) is 7.77. The summed E-state index contributed by atoms with van der Waals surface area (Å²) in [6, 6.07) is 1.95. The average molecular weight is 313 g/mol. The molecular formula is C15H25ClN4O. The summed E-state index contributed by atoms with van der Waals surface area (Å²) < 4.78 is 0. The van der Waals surface area contributed by atoms with E-state index < -0.39 is 0 Å². The molecule has 21 heavy (non-hydrogen) atoms. The van der Waals surface area contributed by atoms with Crippen molar-refractivity contribution in [1.82, 2.24) is 20.4 Å². The predicted molar refractivity (Wildman–Crippen MR) is 85.0 cm³/mol. The van der Waals surface area contributed by atoms with Gasteiger partial charge in [-0.3, -0.25) is 9.89 Å². The molecule has 5 nitrogen and oxygen atoms in total. The fourth-order valence-corrected chi connectivity index (χ4v) is 2.98. The molecule has 0 atom stereocenters. The standard InChI is InChI=1S/C15H24N4O.ClH/c1-16-7-4-11-5-8-19(9-6-11)15(20)14-10-13(17-18-14)12-2-3-12;/h10-12,16H,2-9H2,1H3,(H,17,18);1H. The van der Waals surface area contributed by atoms with Crippen LogP contribution < -0.4 is 5.32 Å².